The van der Waals surface area contributed by atoms with Gasteiger partial charge in [0.25, 0.3) is 0 Å². The first-order valence-electron chi connectivity index (χ1n) is 16.7. The number of benzene rings is 3. The molecule has 3 heterocycles. The Morgan fingerprint density at radius 3 is 1.74 bits per heavy atom. The summed E-state index contributed by atoms with van der Waals surface area (Å²) in [6.45, 7) is 6.23. The summed E-state index contributed by atoms with van der Waals surface area (Å²) < 4.78 is 4.47. The minimum absolute atomic E-state index is 0.354. The van der Waals surface area contributed by atoms with Crippen LogP contribution >= 0.6 is 23.9 Å². The molecule has 0 amide bonds. The molecule has 1 unspecified atom stereocenters. The van der Waals surface area contributed by atoms with E-state index in [0.29, 0.717) is 6.04 Å². The third kappa shape index (κ3) is 12.9. The number of hydrogen-bond acceptors (Lipinski definition) is 9. The Hall–Kier alpha value is -4.29. The standard InChI is InChI=1S/C22H25N3S.C18H21N5S/c1-18(20-10-4-3-5-11-20)25(2)26-22-13-8-9-19(15-22)16-23-17-21-12-6-7-14-24-21;1-23(14-18-21-9-10-22-18)24-17-7-4-5-15(11-17)12-19-13-16-6-2-3-8-20-16/h3-15,18,23H,16-17H2,1-2H3;2-11,19H,12-14H2,1H3,(H,21,22). The fourth-order valence-electron chi connectivity index (χ4n) is 5.09. The van der Waals surface area contributed by atoms with Crippen LogP contribution in [0.4, 0.5) is 0 Å². The first kappa shape index (κ1) is 37.0. The average Bonchev–Trinajstić information content (AvgIpc) is 3.66. The number of aromatic amines is 1. The molecular weight excluding hydrogens is 657 g/mol. The van der Waals surface area contributed by atoms with Crippen LogP contribution in [0.15, 0.2) is 150 Å². The lowest BCUT2D eigenvalue weighted by molar-refractivity contribution is 0.453. The minimum Gasteiger partial charge on any atom is -0.347 e. The van der Waals surface area contributed by atoms with Gasteiger partial charge in [-0.15, -0.1) is 0 Å². The number of hydrogen-bond donors (Lipinski definition) is 3. The number of rotatable bonds is 16. The number of H-pyrrole nitrogens is 1. The van der Waals surface area contributed by atoms with E-state index in [4.69, 9.17) is 0 Å². The highest BCUT2D eigenvalue weighted by Crippen LogP contribution is 2.30. The quantitative estimate of drug-likeness (QED) is 0.0863. The molecule has 0 radical (unpaired) electrons. The van der Waals surface area contributed by atoms with E-state index in [-0.39, 0.29) is 0 Å². The van der Waals surface area contributed by atoms with Gasteiger partial charge in [0.15, 0.2) is 0 Å². The smallest absolute Gasteiger partial charge is 0.121 e. The predicted molar refractivity (Wildman–Crippen MR) is 207 cm³/mol. The number of aromatic nitrogens is 4. The van der Waals surface area contributed by atoms with Gasteiger partial charge in [0.1, 0.15) is 5.82 Å². The van der Waals surface area contributed by atoms with E-state index in [1.165, 1.54) is 26.5 Å². The molecule has 0 saturated carbocycles. The topological polar surface area (TPSA) is 85.0 Å². The number of imidazole rings is 1. The normalized spacial score (nSPS) is 11.7. The van der Waals surface area contributed by atoms with Crippen molar-refractivity contribution in [1.29, 1.82) is 0 Å². The monoisotopic (exact) mass is 702 g/mol. The van der Waals surface area contributed by atoms with E-state index in [2.05, 4.69) is 139 Å². The van der Waals surface area contributed by atoms with Gasteiger partial charge in [0.05, 0.1) is 17.9 Å². The summed E-state index contributed by atoms with van der Waals surface area (Å²) in [5, 5.41) is 6.90. The lowest BCUT2D eigenvalue weighted by atomic mass is 10.1. The van der Waals surface area contributed by atoms with Gasteiger partial charge in [-0.1, -0.05) is 66.7 Å². The van der Waals surface area contributed by atoms with Crippen molar-refractivity contribution in [3.8, 4) is 0 Å². The van der Waals surface area contributed by atoms with Crippen LogP contribution in [-0.4, -0.2) is 42.6 Å². The Morgan fingerprint density at radius 2 is 1.20 bits per heavy atom. The van der Waals surface area contributed by atoms with Crippen LogP contribution in [0.1, 0.15) is 46.9 Å². The molecule has 6 rings (SSSR count). The summed E-state index contributed by atoms with van der Waals surface area (Å²) in [5.74, 6) is 0.971. The van der Waals surface area contributed by atoms with Crippen LogP contribution in [0.5, 0.6) is 0 Å². The van der Waals surface area contributed by atoms with E-state index in [9.17, 15) is 0 Å². The van der Waals surface area contributed by atoms with E-state index in [0.717, 1.165) is 49.9 Å². The highest BCUT2D eigenvalue weighted by atomic mass is 32.2. The Labute approximate surface area is 305 Å². The van der Waals surface area contributed by atoms with E-state index in [1.807, 2.05) is 55.0 Å². The van der Waals surface area contributed by atoms with E-state index < -0.39 is 0 Å². The van der Waals surface area contributed by atoms with Crippen molar-refractivity contribution in [2.45, 2.75) is 55.5 Å². The Kier molecular flexibility index (Phi) is 15.1. The number of pyridine rings is 2. The Morgan fingerprint density at radius 1 is 0.620 bits per heavy atom. The highest BCUT2D eigenvalue weighted by Gasteiger charge is 2.13. The van der Waals surface area contributed by atoms with E-state index >= 15 is 0 Å². The van der Waals surface area contributed by atoms with Crippen LogP contribution in [0.2, 0.25) is 0 Å². The molecule has 0 saturated heterocycles. The molecule has 0 spiro atoms. The summed E-state index contributed by atoms with van der Waals surface area (Å²) in [4.78, 5) is 18.5. The molecule has 0 aliphatic heterocycles. The van der Waals surface area contributed by atoms with Crippen molar-refractivity contribution in [3.05, 3.63) is 174 Å². The van der Waals surface area contributed by atoms with Crippen molar-refractivity contribution in [2.75, 3.05) is 14.1 Å². The fourth-order valence-corrected chi connectivity index (χ4v) is 6.94. The van der Waals surface area contributed by atoms with Crippen LogP contribution in [-0.2, 0) is 32.7 Å². The van der Waals surface area contributed by atoms with Crippen molar-refractivity contribution in [1.82, 2.24) is 39.2 Å². The molecule has 3 aromatic heterocycles. The van der Waals surface area contributed by atoms with Crippen molar-refractivity contribution in [2.24, 2.45) is 0 Å². The number of nitrogens with zero attached hydrogens (tertiary/aromatic N) is 5. The molecule has 0 aliphatic rings. The van der Waals surface area contributed by atoms with Gasteiger partial charge < -0.3 is 15.6 Å². The molecule has 1 atom stereocenters. The summed E-state index contributed by atoms with van der Waals surface area (Å²) in [6, 6.07) is 40.2. The molecular formula is C40H46N8S2. The fraction of sp³-hybridized carbons (Fsp3) is 0.225. The SMILES string of the molecule is CC(c1ccccc1)N(C)Sc1cccc(CNCc2ccccn2)c1.CN(Cc1ncc[nH]1)Sc1cccc(CNCc2ccccn2)c1. The molecule has 10 heteroatoms. The molecule has 6 aromatic rings. The van der Waals surface area contributed by atoms with Crippen LogP contribution in [0, 0.1) is 0 Å². The van der Waals surface area contributed by atoms with Gasteiger partial charge in [0.2, 0.25) is 0 Å². The zero-order chi connectivity index (χ0) is 34.8. The summed E-state index contributed by atoms with van der Waals surface area (Å²) >= 11 is 3.50. The summed E-state index contributed by atoms with van der Waals surface area (Å²) in [5.41, 5.74) is 6.00. The Bertz CT molecular complexity index is 1790. The van der Waals surface area contributed by atoms with Crippen molar-refractivity contribution in [3.63, 3.8) is 0 Å². The van der Waals surface area contributed by atoms with Crippen LogP contribution < -0.4 is 10.6 Å². The van der Waals surface area contributed by atoms with Gasteiger partial charge >= 0.3 is 0 Å². The first-order chi connectivity index (χ1) is 24.5. The van der Waals surface area contributed by atoms with Crippen LogP contribution in [0.25, 0.3) is 0 Å². The second-order valence-corrected chi connectivity index (χ2v) is 14.3. The second-order valence-electron chi connectivity index (χ2n) is 11.8. The lowest BCUT2D eigenvalue weighted by Gasteiger charge is -2.24. The highest BCUT2D eigenvalue weighted by molar-refractivity contribution is 7.97. The maximum absolute atomic E-state index is 4.34. The van der Waals surface area contributed by atoms with E-state index in [1.54, 1.807) is 30.1 Å². The van der Waals surface area contributed by atoms with Gasteiger partial charge in [-0.25, -0.2) is 13.6 Å². The molecule has 0 aliphatic carbocycles. The minimum atomic E-state index is 0.354. The molecule has 3 N–H and O–H groups in total. The largest absolute Gasteiger partial charge is 0.347 e. The zero-order valence-corrected chi connectivity index (χ0v) is 30.6. The predicted octanol–water partition coefficient (Wildman–Crippen LogP) is 8.31. The van der Waals surface area contributed by atoms with Gasteiger partial charge in [-0.2, -0.15) is 0 Å². The average molecular weight is 703 g/mol. The van der Waals surface area contributed by atoms with Gasteiger partial charge in [-0.3, -0.25) is 9.97 Å². The summed E-state index contributed by atoms with van der Waals surface area (Å²) in [6.07, 6.45) is 7.28. The molecule has 0 bridgehead atoms. The molecule has 258 valence electrons. The zero-order valence-electron chi connectivity index (χ0n) is 28.9. The van der Waals surface area contributed by atoms with Crippen molar-refractivity contribution < 1.29 is 0 Å². The van der Waals surface area contributed by atoms with Gasteiger partial charge in [-0.05, 0) is 110 Å². The number of nitrogens with one attached hydrogen (secondary N) is 3. The molecule has 3 aromatic carbocycles. The van der Waals surface area contributed by atoms with Crippen LogP contribution in [0.3, 0.4) is 0 Å². The first-order valence-corrected chi connectivity index (χ1v) is 18.3. The maximum atomic E-state index is 4.34. The third-order valence-electron chi connectivity index (χ3n) is 7.78. The maximum Gasteiger partial charge on any atom is 0.121 e. The Balaban J connectivity index is 0.000000195. The van der Waals surface area contributed by atoms with Crippen molar-refractivity contribution >= 4 is 23.9 Å². The second kappa shape index (κ2) is 20.4. The van der Waals surface area contributed by atoms with Gasteiger partial charge in [0, 0.05) is 66.8 Å². The molecule has 8 nitrogen and oxygen atoms in total. The summed E-state index contributed by atoms with van der Waals surface area (Å²) in [7, 11) is 4.22. The third-order valence-corrected chi connectivity index (χ3v) is 9.76. The molecule has 50 heavy (non-hydrogen) atoms. The lowest BCUT2D eigenvalue weighted by Crippen LogP contribution is -2.15. The molecule has 0 fully saturated rings.